The van der Waals surface area contributed by atoms with Crippen LogP contribution < -0.4 is 15.8 Å². The molecule has 1 aliphatic rings. The smallest absolute Gasteiger partial charge is 0.178 e. The van der Waals surface area contributed by atoms with Crippen molar-refractivity contribution in [2.45, 2.75) is 32.8 Å². The largest absolute Gasteiger partial charge is 0.492 e. The van der Waals surface area contributed by atoms with Crippen molar-refractivity contribution in [2.75, 3.05) is 31.3 Å². The van der Waals surface area contributed by atoms with Crippen LogP contribution in [-0.2, 0) is 4.74 Å². The van der Waals surface area contributed by atoms with Gasteiger partial charge in [-0.3, -0.25) is 4.79 Å². The summed E-state index contributed by atoms with van der Waals surface area (Å²) in [5.74, 6) is 0.888. The Morgan fingerprint density at radius 3 is 2.75 bits per heavy atom. The molecule has 2 rings (SSSR count). The first-order valence-electron chi connectivity index (χ1n) is 6.90. The first kappa shape index (κ1) is 15.1. The minimum Gasteiger partial charge on any atom is -0.492 e. The first-order valence-corrected chi connectivity index (χ1v) is 7.72. The first-order chi connectivity index (χ1) is 9.54. The third kappa shape index (κ3) is 3.43. The Bertz CT molecular complexity index is 481. The second-order valence-corrected chi connectivity index (χ2v) is 6.21. The third-order valence-electron chi connectivity index (χ3n) is 3.11. The van der Waals surface area contributed by atoms with Crippen LogP contribution in [0.1, 0.15) is 36.4 Å². The summed E-state index contributed by atoms with van der Waals surface area (Å²) < 4.78 is 10.8. The van der Waals surface area contributed by atoms with E-state index >= 15 is 0 Å². The summed E-state index contributed by atoms with van der Waals surface area (Å²) in [6, 6.07) is 0. The fourth-order valence-corrected chi connectivity index (χ4v) is 3.06. The van der Waals surface area contributed by atoms with E-state index in [1.807, 2.05) is 13.8 Å². The van der Waals surface area contributed by atoms with Gasteiger partial charge in [0.15, 0.2) is 11.5 Å². The van der Waals surface area contributed by atoms with Gasteiger partial charge in [0.1, 0.15) is 5.00 Å². The van der Waals surface area contributed by atoms with Gasteiger partial charge in [0.2, 0.25) is 0 Å². The predicted octanol–water partition coefficient (Wildman–Crippen LogP) is 2.77. The van der Waals surface area contributed by atoms with Crippen LogP contribution in [0.15, 0.2) is 0 Å². The van der Waals surface area contributed by atoms with Crippen LogP contribution in [0, 0.1) is 5.92 Å². The fourth-order valence-electron chi connectivity index (χ4n) is 1.92. The van der Waals surface area contributed by atoms with Crippen molar-refractivity contribution >= 4 is 27.8 Å². The number of carbonyl (C=O) groups excluding carboxylic acids is 1. The normalized spacial score (nSPS) is 14.6. The van der Waals surface area contributed by atoms with Crippen molar-refractivity contribution in [1.29, 1.82) is 0 Å². The molecule has 0 aromatic carbocycles. The van der Waals surface area contributed by atoms with Crippen molar-refractivity contribution in [3.63, 3.8) is 0 Å². The van der Waals surface area contributed by atoms with Crippen molar-refractivity contribution in [2.24, 2.45) is 5.92 Å². The number of anilines is 2. The van der Waals surface area contributed by atoms with E-state index < -0.39 is 0 Å². The number of hydrogen-bond donors (Lipinski definition) is 2. The standard InChI is InChI=1S/C14H22N2O3S/c1-8(2)19-7-6-16-14-12(18-3)10(15)13(20-14)11(17)9-4-5-9/h8-9,16H,4-7,15H2,1-3H3. The van der Waals surface area contributed by atoms with Crippen LogP contribution in [0.2, 0.25) is 0 Å². The van der Waals surface area contributed by atoms with Gasteiger partial charge >= 0.3 is 0 Å². The van der Waals surface area contributed by atoms with Gasteiger partial charge in [0.25, 0.3) is 0 Å². The fraction of sp³-hybridized carbons (Fsp3) is 0.643. The Kier molecular flexibility index (Phi) is 4.88. The molecule has 0 bridgehead atoms. The number of thiophene rings is 1. The zero-order valence-corrected chi connectivity index (χ0v) is 13.0. The van der Waals surface area contributed by atoms with Crippen LogP contribution in [0.3, 0.4) is 0 Å². The molecule has 0 aliphatic heterocycles. The second kappa shape index (κ2) is 6.45. The summed E-state index contributed by atoms with van der Waals surface area (Å²) in [7, 11) is 1.57. The molecule has 20 heavy (non-hydrogen) atoms. The van der Waals surface area contributed by atoms with E-state index in [0.29, 0.717) is 29.5 Å². The quantitative estimate of drug-likeness (QED) is 0.570. The van der Waals surface area contributed by atoms with E-state index in [9.17, 15) is 4.79 Å². The number of ether oxygens (including phenoxy) is 2. The third-order valence-corrected chi connectivity index (χ3v) is 4.27. The SMILES string of the molecule is COc1c(NCCOC(C)C)sc(C(=O)C2CC2)c1N. The van der Waals surface area contributed by atoms with Crippen molar-refractivity contribution in [3.8, 4) is 5.75 Å². The highest BCUT2D eigenvalue weighted by atomic mass is 32.1. The van der Waals surface area contributed by atoms with Gasteiger partial charge in [0, 0.05) is 12.5 Å². The average molecular weight is 298 g/mol. The molecule has 1 aliphatic carbocycles. The van der Waals surface area contributed by atoms with Gasteiger partial charge in [-0.05, 0) is 26.7 Å². The Balaban J connectivity index is 2.03. The van der Waals surface area contributed by atoms with Crippen LogP contribution in [0.4, 0.5) is 10.7 Å². The summed E-state index contributed by atoms with van der Waals surface area (Å²) in [4.78, 5) is 12.8. The van der Waals surface area contributed by atoms with E-state index in [1.54, 1.807) is 7.11 Å². The van der Waals surface area contributed by atoms with E-state index in [4.69, 9.17) is 15.2 Å². The van der Waals surface area contributed by atoms with Crippen molar-refractivity contribution < 1.29 is 14.3 Å². The molecule has 0 saturated heterocycles. The molecular weight excluding hydrogens is 276 g/mol. The Morgan fingerprint density at radius 1 is 1.50 bits per heavy atom. The summed E-state index contributed by atoms with van der Waals surface area (Å²) in [6.45, 7) is 5.25. The number of nitrogens with one attached hydrogen (secondary N) is 1. The second-order valence-electron chi connectivity index (χ2n) is 5.19. The summed E-state index contributed by atoms with van der Waals surface area (Å²) in [5.41, 5.74) is 6.49. The lowest BCUT2D eigenvalue weighted by Gasteiger charge is -2.09. The Hall–Kier alpha value is -1.27. The number of nitrogen functional groups attached to an aromatic ring is 1. The highest BCUT2D eigenvalue weighted by Gasteiger charge is 2.34. The van der Waals surface area contributed by atoms with Gasteiger partial charge in [0.05, 0.1) is 30.4 Å². The lowest BCUT2D eigenvalue weighted by Crippen LogP contribution is -2.12. The van der Waals surface area contributed by atoms with Crippen LogP contribution in [0.5, 0.6) is 5.75 Å². The number of ketones is 1. The summed E-state index contributed by atoms with van der Waals surface area (Å²) in [6.07, 6.45) is 2.16. The predicted molar refractivity (Wildman–Crippen MR) is 81.9 cm³/mol. The zero-order valence-electron chi connectivity index (χ0n) is 12.2. The number of methoxy groups -OCH3 is 1. The maximum Gasteiger partial charge on any atom is 0.178 e. The van der Waals surface area contributed by atoms with Gasteiger partial charge in [-0.2, -0.15) is 0 Å². The molecule has 0 unspecified atom stereocenters. The van der Waals surface area contributed by atoms with Crippen molar-refractivity contribution in [1.82, 2.24) is 0 Å². The molecule has 3 N–H and O–H groups in total. The molecule has 0 radical (unpaired) electrons. The molecule has 5 nitrogen and oxygen atoms in total. The molecule has 1 aromatic heterocycles. The number of rotatable bonds is 8. The van der Waals surface area contributed by atoms with Gasteiger partial charge in [-0.15, -0.1) is 11.3 Å². The van der Waals surface area contributed by atoms with Crippen molar-refractivity contribution in [3.05, 3.63) is 4.88 Å². The van der Waals surface area contributed by atoms with E-state index in [1.165, 1.54) is 11.3 Å². The highest BCUT2D eigenvalue weighted by Crippen LogP contribution is 2.45. The number of carbonyl (C=O) groups is 1. The summed E-state index contributed by atoms with van der Waals surface area (Å²) in [5, 5.41) is 4.04. The molecule has 0 spiro atoms. The molecule has 1 aromatic rings. The molecule has 112 valence electrons. The summed E-state index contributed by atoms with van der Waals surface area (Å²) >= 11 is 1.38. The minimum atomic E-state index is 0.150. The average Bonchev–Trinajstić information content (AvgIpc) is 3.19. The molecule has 1 fully saturated rings. The lowest BCUT2D eigenvalue weighted by atomic mass is 10.2. The minimum absolute atomic E-state index is 0.150. The number of Topliss-reactive ketones (excluding diaryl/α,β-unsaturated/α-hetero) is 1. The number of hydrogen-bond acceptors (Lipinski definition) is 6. The van der Waals surface area contributed by atoms with Gasteiger partial charge in [-0.1, -0.05) is 0 Å². The maximum atomic E-state index is 12.2. The van der Waals surface area contributed by atoms with E-state index in [-0.39, 0.29) is 17.8 Å². The van der Waals surface area contributed by atoms with Crippen LogP contribution >= 0.6 is 11.3 Å². The topological polar surface area (TPSA) is 73.6 Å². The molecule has 0 amide bonds. The van der Waals surface area contributed by atoms with Gasteiger partial charge < -0.3 is 20.5 Å². The highest BCUT2D eigenvalue weighted by molar-refractivity contribution is 7.19. The lowest BCUT2D eigenvalue weighted by molar-refractivity contribution is 0.0870. The van der Waals surface area contributed by atoms with Crippen LogP contribution in [-0.4, -0.2) is 32.1 Å². The molecule has 1 heterocycles. The molecule has 0 atom stereocenters. The monoisotopic (exact) mass is 298 g/mol. The Morgan fingerprint density at radius 2 is 2.20 bits per heavy atom. The molecule has 6 heteroatoms. The van der Waals surface area contributed by atoms with E-state index in [0.717, 1.165) is 17.8 Å². The van der Waals surface area contributed by atoms with Crippen LogP contribution in [0.25, 0.3) is 0 Å². The van der Waals surface area contributed by atoms with Gasteiger partial charge in [-0.25, -0.2) is 0 Å². The number of nitrogens with two attached hydrogens (primary N) is 1. The molecular formula is C14H22N2O3S. The maximum absolute atomic E-state index is 12.2. The van der Waals surface area contributed by atoms with E-state index in [2.05, 4.69) is 5.32 Å². The zero-order chi connectivity index (χ0) is 14.7. The molecule has 1 saturated carbocycles. The Labute approximate surface area is 123 Å².